The van der Waals surface area contributed by atoms with E-state index in [0.29, 0.717) is 31.0 Å². The summed E-state index contributed by atoms with van der Waals surface area (Å²) in [5.74, 6) is -1.15. The molecule has 0 unspecified atom stereocenters. The molecule has 6 heteroatoms. The van der Waals surface area contributed by atoms with E-state index in [1.165, 1.54) is 23.3 Å². The molecule has 2 aromatic carbocycles. The van der Waals surface area contributed by atoms with Crippen molar-refractivity contribution < 1.29 is 13.6 Å². The van der Waals surface area contributed by atoms with Crippen molar-refractivity contribution in [1.82, 2.24) is 9.80 Å². The second-order valence-corrected chi connectivity index (χ2v) is 7.85. The van der Waals surface area contributed by atoms with Crippen LogP contribution < -0.4 is 0 Å². The number of rotatable bonds is 3. The number of carbonyl (C=O) groups excluding carboxylic acids is 1. The quantitative estimate of drug-likeness (QED) is 0.769. The monoisotopic (exact) mass is 406 g/mol. The van der Waals surface area contributed by atoms with Crippen molar-refractivity contribution in [3.63, 3.8) is 0 Å². The Labute approximate surface area is 170 Å². The van der Waals surface area contributed by atoms with E-state index in [4.69, 9.17) is 0 Å². The lowest BCUT2D eigenvalue weighted by Gasteiger charge is -2.28. The zero-order valence-corrected chi connectivity index (χ0v) is 16.9. The number of likely N-dealkylation sites (tertiary alicyclic amines) is 2. The summed E-state index contributed by atoms with van der Waals surface area (Å²) in [6.07, 6.45) is -0.0894. The number of hydrogen-bond acceptors (Lipinski definition) is 2. The van der Waals surface area contributed by atoms with Crippen molar-refractivity contribution in [2.75, 3.05) is 26.7 Å². The molecule has 2 fully saturated rings. The minimum absolute atomic E-state index is 0. The fraction of sp³-hybridized carbons (Fsp3) is 0.409. The molecule has 2 saturated heterocycles. The molecule has 2 heterocycles. The molecular weight excluding hydrogens is 382 g/mol. The van der Waals surface area contributed by atoms with Gasteiger partial charge in [0, 0.05) is 37.2 Å². The lowest BCUT2D eigenvalue weighted by Crippen LogP contribution is -2.34. The highest BCUT2D eigenvalue weighted by molar-refractivity contribution is 5.85. The van der Waals surface area contributed by atoms with Crippen LogP contribution >= 0.6 is 12.4 Å². The van der Waals surface area contributed by atoms with Crippen LogP contribution in [0.4, 0.5) is 8.78 Å². The van der Waals surface area contributed by atoms with Crippen LogP contribution in [0.3, 0.4) is 0 Å². The zero-order chi connectivity index (χ0) is 19.1. The maximum absolute atomic E-state index is 13.9. The Balaban J connectivity index is 0.00000225. The van der Waals surface area contributed by atoms with Crippen molar-refractivity contribution in [3.8, 4) is 0 Å². The van der Waals surface area contributed by atoms with Gasteiger partial charge in [-0.05, 0) is 37.1 Å². The molecule has 28 heavy (non-hydrogen) atoms. The van der Waals surface area contributed by atoms with E-state index < -0.39 is 11.6 Å². The van der Waals surface area contributed by atoms with Crippen LogP contribution in [-0.4, -0.2) is 42.4 Å². The van der Waals surface area contributed by atoms with Crippen molar-refractivity contribution in [2.24, 2.45) is 11.8 Å². The van der Waals surface area contributed by atoms with Crippen LogP contribution in [-0.2, 0) is 11.2 Å². The van der Waals surface area contributed by atoms with Crippen LogP contribution in [0.1, 0.15) is 22.7 Å². The first-order chi connectivity index (χ1) is 13.0. The summed E-state index contributed by atoms with van der Waals surface area (Å²) in [5, 5.41) is 0. The Hall–Kier alpha value is -1.98. The molecule has 0 aromatic heterocycles. The Morgan fingerprint density at radius 1 is 1.07 bits per heavy atom. The molecule has 4 rings (SSSR count). The number of aryl methyl sites for hydroxylation is 1. The highest BCUT2D eigenvalue weighted by Crippen LogP contribution is 2.44. The Kier molecular flexibility index (Phi) is 6.06. The average molecular weight is 407 g/mol. The second kappa shape index (κ2) is 8.18. The van der Waals surface area contributed by atoms with Crippen molar-refractivity contribution in [1.29, 1.82) is 0 Å². The standard InChI is InChI=1S/C22H24F2N2O.ClH/c1-14-6-3-4-8-17(14)22-18-13-26(12-16(18)11-25(22)2)20(27)10-15-7-5-9-19(23)21(15)24;/h3-9,16,18,22H,10-13H2,1-2H3;1H/t16-,18+,22-;/m0./s1. The zero-order valence-electron chi connectivity index (χ0n) is 16.1. The summed E-state index contributed by atoms with van der Waals surface area (Å²) >= 11 is 0. The fourth-order valence-electron chi connectivity index (χ4n) is 4.81. The summed E-state index contributed by atoms with van der Waals surface area (Å²) < 4.78 is 27.3. The van der Waals surface area contributed by atoms with E-state index in [-0.39, 0.29) is 30.3 Å². The number of nitrogens with zero attached hydrogens (tertiary/aromatic N) is 2. The first-order valence-electron chi connectivity index (χ1n) is 9.42. The molecular formula is C22H25ClF2N2O. The highest BCUT2D eigenvalue weighted by atomic mass is 35.5. The van der Waals surface area contributed by atoms with Gasteiger partial charge in [0.05, 0.1) is 6.42 Å². The van der Waals surface area contributed by atoms with Gasteiger partial charge >= 0.3 is 0 Å². The summed E-state index contributed by atoms with van der Waals surface area (Å²) in [5.41, 5.74) is 2.71. The number of halogens is 3. The Bertz CT molecular complexity index is 875. The van der Waals surface area contributed by atoms with Gasteiger partial charge < -0.3 is 4.90 Å². The third kappa shape index (κ3) is 3.65. The topological polar surface area (TPSA) is 23.6 Å². The molecule has 2 aromatic rings. The number of fused-ring (bicyclic) bond motifs is 1. The van der Waals surface area contributed by atoms with Crippen molar-refractivity contribution in [3.05, 3.63) is 70.8 Å². The maximum atomic E-state index is 13.9. The van der Waals surface area contributed by atoms with Crippen LogP contribution in [0.25, 0.3) is 0 Å². The van der Waals surface area contributed by atoms with E-state index in [2.05, 4.69) is 37.1 Å². The van der Waals surface area contributed by atoms with Crippen LogP contribution in [0, 0.1) is 30.4 Å². The minimum Gasteiger partial charge on any atom is -0.342 e. The fourth-order valence-corrected chi connectivity index (χ4v) is 4.81. The molecule has 2 aliphatic rings. The molecule has 3 nitrogen and oxygen atoms in total. The molecule has 0 saturated carbocycles. The number of benzene rings is 2. The average Bonchev–Trinajstić information content (AvgIpc) is 3.16. The number of carbonyl (C=O) groups is 1. The molecule has 150 valence electrons. The van der Waals surface area contributed by atoms with Crippen LogP contribution in [0.2, 0.25) is 0 Å². The Morgan fingerprint density at radius 2 is 1.82 bits per heavy atom. The molecule has 0 spiro atoms. The van der Waals surface area contributed by atoms with Gasteiger partial charge in [0.2, 0.25) is 5.91 Å². The van der Waals surface area contributed by atoms with Gasteiger partial charge in [0.1, 0.15) is 0 Å². The highest BCUT2D eigenvalue weighted by Gasteiger charge is 2.47. The predicted molar refractivity (Wildman–Crippen MR) is 107 cm³/mol. The van der Waals surface area contributed by atoms with Gasteiger partial charge in [-0.1, -0.05) is 36.4 Å². The first-order valence-corrected chi connectivity index (χ1v) is 9.42. The molecule has 1 amide bonds. The van der Waals surface area contributed by atoms with Gasteiger partial charge in [-0.3, -0.25) is 9.69 Å². The molecule has 2 aliphatic heterocycles. The van der Waals surface area contributed by atoms with Crippen LogP contribution in [0.15, 0.2) is 42.5 Å². The predicted octanol–water partition coefficient (Wildman–Crippen LogP) is 4.00. The van der Waals surface area contributed by atoms with Crippen molar-refractivity contribution >= 4 is 18.3 Å². The van der Waals surface area contributed by atoms with Crippen molar-refractivity contribution in [2.45, 2.75) is 19.4 Å². The SMILES string of the molecule is Cc1ccccc1[C@H]1[C@@H]2CN(C(=O)Cc3cccc(F)c3F)C[C@@H]2CN1C.Cl. The first kappa shape index (κ1) is 20.7. The van der Waals surface area contributed by atoms with Gasteiger partial charge in [-0.15, -0.1) is 12.4 Å². The van der Waals surface area contributed by atoms with Gasteiger partial charge in [-0.25, -0.2) is 8.78 Å². The van der Waals surface area contributed by atoms with E-state index in [9.17, 15) is 13.6 Å². The molecule has 0 bridgehead atoms. The number of amides is 1. The summed E-state index contributed by atoms with van der Waals surface area (Å²) in [4.78, 5) is 16.9. The second-order valence-electron chi connectivity index (χ2n) is 7.85. The third-order valence-electron chi connectivity index (χ3n) is 6.13. The van der Waals surface area contributed by atoms with Gasteiger partial charge in [0.15, 0.2) is 11.6 Å². The lowest BCUT2D eigenvalue weighted by atomic mass is 9.88. The van der Waals surface area contributed by atoms with Gasteiger partial charge in [0.25, 0.3) is 0 Å². The maximum Gasteiger partial charge on any atom is 0.227 e. The summed E-state index contributed by atoms with van der Waals surface area (Å²) in [7, 11) is 2.14. The molecule has 0 radical (unpaired) electrons. The molecule has 3 atom stereocenters. The lowest BCUT2D eigenvalue weighted by molar-refractivity contribution is -0.129. The summed E-state index contributed by atoms with van der Waals surface area (Å²) in [6.45, 7) is 4.43. The smallest absolute Gasteiger partial charge is 0.227 e. The molecule has 0 aliphatic carbocycles. The molecule has 0 N–H and O–H groups in total. The van der Waals surface area contributed by atoms with E-state index in [0.717, 1.165) is 12.6 Å². The summed E-state index contributed by atoms with van der Waals surface area (Å²) in [6, 6.07) is 12.7. The van der Waals surface area contributed by atoms with Gasteiger partial charge in [-0.2, -0.15) is 0 Å². The Morgan fingerprint density at radius 3 is 2.57 bits per heavy atom. The van der Waals surface area contributed by atoms with E-state index in [1.54, 1.807) is 0 Å². The number of hydrogen-bond donors (Lipinski definition) is 0. The van der Waals surface area contributed by atoms with E-state index in [1.807, 2.05) is 11.0 Å². The third-order valence-corrected chi connectivity index (χ3v) is 6.13. The minimum atomic E-state index is -0.914. The normalized spacial score (nSPS) is 24.1. The largest absolute Gasteiger partial charge is 0.342 e. The van der Waals surface area contributed by atoms with Crippen LogP contribution in [0.5, 0.6) is 0 Å². The van der Waals surface area contributed by atoms with E-state index >= 15 is 0 Å².